The first-order valence-electron chi connectivity index (χ1n) is 11.0. The van der Waals surface area contributed by atoms with Crippen LogP contribution in [-0.2, 0) is 8.87 Å². The molecule has 0 spiro atoms. The predicted molar refractivity (Wildman–Crippen MR) is 130 cm³/mol. The van der Waals surface area contributed by atoms with E-state index in [1.165, 1.54) is 17.5 Å². The van der Waals surface area contributed by atoms with Crippen LogP contribution < -0.4 is 0 Å². The van der Waals surface area contributed by atoms with Crippen LogP contribution in [0.1, 0.15) is 36.6 Å². The number of hydrogen-bond donors (Lipinski definition) is 2. The van der Waals surface area contributed by atoms with E-state index in [1.807, 2.05) is 58.8 Å². The number of aromatic nitrogens is 1. The first-order valence-corrected chi connectivity index (χ1v) is 13.0. The minimum atomic E-state index is -0.259. The molecule has 4 nitrogen and oxygen atoms in total. The number of thioether (sulfide) groups is 2. The van der Waals surface area contributed by atoms with E-state index in [-0.39, 0.29) is 28.6 Å². The minimum Gasteiger partial charge on any atom is -0.394 e. The van der Waals surface area contributed by atoms with E-state index in [1.54, 1.807) is 0 Å². The Balaban J connectivity index is 1.43. The van der Waals surface area contributed by atoms with Crippen LogP contribution in [-0.4, -0.2) is 45.6 Å². The van der Waals surface area contributed by atoms with Crippen molar-refractivity contribution in [1.29, 1.82) is 0 Å². The van der Waals surface area contributed by atoms with Gasteiger partial charge < -0.3 is 15.0 Å². The summed E-state index contributed by atoms with van der Waals surface area (Å²) < 4.78 is -0.111. The minimum absolute atomic E-state index is 0.0446. The summed E-state index contributed by atoms with van der Waals surface area (Å²) in [5, 5.41) is 11.3. The van der Waals surface area contributed by atoms with Crippen molar-refractivity contribution >= 4 is 40.3 Å². The lowest BCUT2D eigenvalue weighted by atomic mass is 9.89. The lowest BCUT2D eigenvalue weighted by Crippen LogP contribution is -2.47. The monoisotopic (exact) mass is 452 g/mol. The lowest BCUT2D eigenvalue weighted by Gasteiger charge is -2.46. The number of para-hydroxylation sites is 1. The Morgan fingerprint density at radius 2 is 1.84 bits per heavy atom. The van der Waals surface area contributed by atoms with Crippen molar-refractivity contribution < 1.29 is 9.90 Å². The maximum absolute atomic E-state index is 13.4. The third kappa shape index (κ3) is 3.90. The molecule has 2 aromatic carbocycles. The number of aliphatic hydroxyl groups excluding tert-OH is 1. The summed E-state index contributed by atoms with van der Waals surface area (Å²) in [5.74, 6) is 2.68. The Labute approximate surface area is 191 Å². The summed E-state index contributed by atoms with van der Waals surface area (Å²) >= 11 is 4.02. The van der Waals surface area contributed by atoms with Crippen molar-refractivity contribution in [2.75, 3.05) is 24.7 Å². The number of hydrogen-bond acceptors (Lipinski definition) is 4. The highest BCUT2D eigenvalue weighted by atomic mass is 32.2. The number of aliphatic hydroxyl groups is 1. The van der Waals surface area contributed by atoms with Crippen molar-refractivity contribution in [3.8, 4) is 0 Å². The molecule has 2 N–H and O–H groups in total. The van der Waals surface area contributed by atoms with E-state index in [4.69, 9.17) is 0 Å². The number of nitrogens with zero attached hydrogens (tertiary/aromatic N) is 1. The first-order chi connectivity index (χ1) is 15.2. The number of aromatic amines is 1. The normalized spacial score (nSPS) is 22.5. The Morgan fingerprint density at radius 3 is 2.55 bits per heavy atom. The highest BCUT2D eigenvalue weighted by Crippen LogP contribution is 2.58. The van der Waals surface area contributed by atoms with Gasteiger partial charge in [-0.05, 0) is 53.3 Å². The molecule has 0 radical (unpaired) electrons. The Kier molecular flexibility index (Phi) is 6.04. The zero-order valence-electron chi connectivity index (χ0n) is 17.5. The summed E-state index contributed by atoms with van der Waals surface area (Å²) in [6, 6.07) is 20.4. The number of fused-ring (bicyclic) bond motifs is 1. The van der Waals surface area contributed by atoms with Gasteiger partial charge in [0.2, 0.25) is 5.91 Å². The molecule has 2 fully saturated rings. The molecule has 0 unspecified atom stereocenters. The van der Waals surface area contributed by atoms with E-state index in [0.29, 0.717) is 13.0 Å². The Bertz CT molecular complexity index is 1010. The average Bonchev–Trinajstić information content (AvgIpc) is 3.27. The number of benzene rings is 2. The Hall–Kier alpha value is -1.89. The van der Waals surface area contributed by atoms with Crippen LogP contribution in [0.5, 0.6) is 0 Å². The zero-order chi connectivity index (χ0) is 21.3. The van der Waals surface area contributed by atoms with E-state index >= 15 is 0 Å². The van der Waals surface area contributed by atoms with Crippen LogP contribution in [0.2, 0.25) is 0 Å². The molecular formula is C25H28N2O2S2. The van der Waals surface area contributed by atoms with Gasteiger partial charge in [-0.2, -0.15) is 0 Å². The topological polar surface area (TPSA) is 56.3 Å². The number of nitrogens with one attached hydrogen (secondary N) is 1. The van der Waals surface area contributed by atoms with Crippen molar-refractivity contribution in [2.24, 2.45) is 5.92 Å². The van der Waals surface area contributed by atoms with Crippen molar-refractivity contribution in [3.63, 3.8) is 0 Å². The van der Waals surface area contributed by atoms with Crippen LogP contribution in [0.3, 0.4) is 0 Å². The molecule has 162 valence electrons. The van der Waals surface area contributed by atoms with Crippen molar-refractivity contribution in [2.45, 2.75) is 29.4 Å². The molecule has 2 aliphatic heterocycles. The van der Waals surface area contributed by atoms with Gasteiger partial charge in [0.1, 0.15) is 4.08 Å². The quantitative estimate of drug-likeness (QED) is 0.561. The van der Waals surface area contributed by atoms with Gasteiger partial charge in [-0.15, -0.1) is 23.5 Å². The first kappa shape index (κ1) is 21.0. The van der Waals surface area contributed by atoms with Crippen molar-refractivity contribution in [1.82, 2.24) is 9.88 Å². The number of rotatable bonds is 5. The molecule has 0 bridgehead atoms. The van der Waals surface area contributed by atoms with Crippen LogP contribution in [0, 0.1) is 5.92 Å². The molecule has 2 atom stereocenters. The number of likely N-dealkylation sites (tertiary alicyclic amines) is 1. The molecule has 3 heterocycles. The van der Waals surface area contributed by atoms with Gasteiger partial charge in [0.15, 0.2) is 0 Å². The molecule has 0 aliphatic carbocycles. The van der Waals surface area contributed by atoms with Gasteiger partial charge in [-0.3, -0.25) is 4.79 Å². The van der Waals surface area contributed by atoms with E-state index in [0.717, 1.165) is 29.0 Å². The Morgan fingerprint density at radius 1 is 1.10 bits per heavy atom. The fraction of sp³-hybridized carbons (Fsp3) is 0.400. The molecule has 6 heteroatoms. The molecule has 1 amide bonds. The molecule has 0 saturated carbocycles. The summed E-state index contributed by atoms with van der Waals surface area (Å²) in [4.78, 5) is 18.9. The second-order valence-electron chi connectivity index (χ2n) is 8.37. The molecule has 3 aromatic rings. The molecule has 1 aromatic heterocycles. The van der Waals surface area contributed by atoms with Crippen molar-refractivity contribution in [3.05, 3.63) is 71.9 Å². The van der Waals surface area contributed by atoms with Crippen LogP contribution >= 0.6 is 23.5 Å². The number of H-pyrrole nitrogens is 1. The van der Waals surface area contributed by atoms with Crippen LogP contribution in [0.15, 0.2) is 60.7 Å². The largest absolute Gasteiger partial charge is 0.394 e. The highest BCUT2D eigenvalue weighted by Gasteiger charge is 2.47. The van der Waals surface area contributed by atoms with Crippen LogP contribution in [0.4, 0.5) is 0 Å². The summed E-state index contributed by atoms with van der Waals surface area (Å²) in [5.41, 5.74) is 3.41. The molecule has 2 aliphatic rings. The SMILES string of the molecule is O=C1C[C@@H](C2(c3cc4ccccc4[nH]3)SCCCS2)CCN1[C@@H](CO)c1ccccc1. The fourth-order valence-corrected chi connectivity index (χ4v) is 8.59. The van der Waals surface area contributed by atoms with E-state index in [2.05, 4.69) is 35.3 Å². The predicted octanol–water partition coefficient (Wildman–Crippen LogP) is 5.16. The number of carbonyl (C=O) groups is 1. The molecule has 2 saturated heterocycles. The van der Waals surface area contributed by atoms with Gasteiger partial charge in [-0.25, -0.2) is 0 Å². The maximum atomic E-state index is 13.4. The zero-order valence-corrected chi connectivity index (χ0v) is 19.1. The maximum Gasteiger partial charge on any atom is 0.223 e. The highest BCUT2D eigenvalue weighted by molar-refractivity contribution is 8.18. The molecular weight excluding hydrogens is 424 g/mol. The van der Waals surface area contributed by atoms with Crippen LogP contribution in [0.25, 0.3) is 10.9 Å². The third-order valence-electron chi connectivity index (χ3n) is 6.56. The number of piperidine rings is 1. The second kappa shape index (κ2) is 8.93. The number of amides is 1. The molecule has 31 heavy (non-hydrogen) atoms. The summed E-state index contributed by atoms with van der Waals surface area (Å²) in [6.07, 6.45) is 2.69. The standard InChI is InChI=1S/C25H28N2O2S2/c28-17-22(18-7-2-1-3-8-18)27-12-11-20(16-24(27)29)25(30-13-6-14-31-25)23-15-19-9-4-5-10-21(19)26-23/h1-5,7-10,15,20,22,26,28H,6,11-14,16-17H2/t20-,22-/m0/s1. The van der Waals surface area contributed by atoms with Gasteiger partial charge in [0.05, 0.1) is 12.6 Å². The average molecular weight is 453 g/mol. The van der Waals surface area contributed by atoms with E-state index < -0.39 is 0 Å². The van der Waals surface area contributed by atoms with E-state index in [9.17, 15) is 9.90 Å². The molecule has 5 rings (SSSR count). The van der Waals surface area contributed by atoms with Gasteiger partial charge >= 0.3 is 0 Å². The van der Waals surface area contributed by atoms with Gasteiger partial charge in [0.25, 0.3) is 0 Å². The fourth-order valence-electron chi connectivity index (χ4n) is 4.98. The lowest BCUT2D eigenvalue weighted by molar-refractivity contribution is -0.139. The smallest absolute Gasteiger partial charge is 0.223 e. The second-order valence-corrected chi connectivity index (χ2v) is 11.3. The van der Waals surface area contributed by atoms with Gasteiger partial charge in [0, 0.05) is 24.2 Å². The summed E-state index contributed by atoms with van der Waals surface area (Å²) in [7, 11) is 0. The number of carbonyl (C=O) groups excluding carboxylic acids is 1. The summed E-state index contributed by atoms with van der Waals surface area (Å²) in [6.45, 7) is 0.643. The third-order valence-corrected chi connectivity index (χ3v) is 10.2. The van der Waals surface area contributed by atoms with Gasteiger partial charge in [-0.1, -0.05) is 48.5 Å².